The standard InChI is InChI=1S/C18H22N6O2S2/c25-28(26,16-3-1-2-15-18(16)22-27-21-15)24-8-6-13(7-9-24)10-17-20-19-12-23(17)11-14-4-5-14/h1-3,12-14H,4-11H2. The van der Waals surface area contributed by atoms with E-state index in [0.717, 1.165) is 49.3 Å². The van der Waals surface area contributed by atoms with E-state index >= 15 is 0 Å². The van der Waals surface area contributed by atoms with Gasteiger partial charge in [0.05, 0.1) is 11.7 Å². The maximum atomic E-state index is 13.1. The van der Waals surface area contributed by atoms with Crippen LogP contribution in [0.3, 0.4) is 0 Å². The zero-order valence-electron chi connectivity index (χ0n) is 15.4. The van der Waals surface area contributed by atoms with Crippen molar-refractivity contribution in [2.75, 3.05) is 13.1 Å². The monoisotopic (exact) mass is 418 g/mol. The van der Waals surface area contributed by atoms with Crippen LogP contribution in [0.25, 0.3) is 11.0 Å². The summed E-state index contributed by atoms with van der Waals surface area (Å²) in [4.78, 5) is 0.265. The molecule has 3 aromatic rings. The van der Waals surface area contributed by atoms with Crippen LogP contribution in [0.4, 0.5) is 0 Å². The molecule has 2 aliphatic rings. The highest BCUT2D eigenvalue weighted by Crippen LogP contribution is 2.32. The Kier molecular flexibility index (Phi) is 4.64. The van der Waals surface area contributed by atoms with Gasteiger partial charge in [-0.25, -0.2) is 8.42 Å². The van der Waals surface area contributed by atoms with Gasteiger partial charge >= 0.3 is 0 Å². The smallest absolute Gasteiger partial charge is 0.245 e. The number of hydrogen-bond donors (Lipinski definition) is 0. The molecule has 1 aliphatic carbocycles. The molecule has 1 saturated heterocycles. The van der Waals surface area contributed by atoms with Crippen LogP contribution in [-0.2, 0) is 23.0 Å². The van der Waals surface area contributed by atoms with Gasteiger partial charge in [0.15, 0.2) is 0 Å². The summed E-state index contributed by atoms with van der Waals surface area (Å²) in [5.41, 5.74) is 1.11. The minimum atomic E-state index is -3.56. The first-order chi connectivity index (χ1) is 13.6. The van der Waals surface area contributed by atoms with Gasteiger partial charge in [0, 0.05) is 26.1 Å². The van der Waals surface area contributed by atoms with Gasteiger partial charge in [0.1, 0.15) is 28.1 Å². The Bertz CT molecular complexity index is 1080. The average molecular weight is 419 g/mol. The molecule has 8 nitrogen and oxygen atoms in total. The first kappa shape index (κ1) is 18.1. The molecule has 2 aromatic heterocycles. The summed E-state index contributed by atoms with van der Waals surface area (Å²) in [6.45, 7) is 2.07. The largest absolute Gasteiger partial charge is 0.317 e. The van der Waals surface area contributed by atoms with Gasteiger partial charge in [0.2, 0.25) is 10.0 Å². The van der Waals surface area contributed by atoms with Crippen LogP contribution >= 0.6 is 11.7 Å². The maximum Gasteiger partial charge on any atom is 0.245 e. The number of sulfonamides is 1. The van der Waals surface area contributed by atoms with Crippen molar-refractivity contribution in [2.24, 2.45) is 11.8 Å². The van der Waals surface area contributed by atoms with E-state index in [1.807, 2.05) is 6.33 Å². The molecule has 0 unspecified atom stereocenters. The molecule has 0 radical (unpaired) electrons. The summed E-state index contributed by atoms with van der Waals surface area (Å²) in [5.74, 6) is 2.25. The molecular weight excluding hydrogens is 396 g/mol. The molecule has 0 spiro atoms. The Morgan fingerprint density at radius 3 is 2.68 bits per heavy atom. The third-order valence-electron chi connectivity index (χ3n) is 5.76. The fourth-order valence-electron chi connectivity index (χ4n) is 3.91. The van der Waals surface area contributed by atoms with Gasteiger partial charge < -0.3 is 4.57 Å². The van der Waals surface area contributed by atoms with Crippen LogP contribution in [0, 0.1) is 11.8 Å². The zero-order valence-corrected chi connectivity index (χ0v) is 17.1. The Labute approximate surface area is 168 Å². The van der Waals surface area contributed by atoms with E-state index in [2.05, 4.69) is 23.5 Å². The molecular formula is C18H22N6O2S2. The third-order valence-corrected chi connectivity index (χ3v) is 8.23. The fourth-order valence-corrected chi connectivity index (χ4v) is 6.13. The van der Waals surface area contributed by atoms with Crippen LogP contribution in [0.15, 0.2) is 29.4 Å². The van der Waals surface area contributed by atoms with E-state index in [4.69, 9.17) is 0 Å². The van der Waals surface area contributed by atoms with Gasteiger partial charge in [-0.3, -0.25) is 0 Å². The van der Waals surface area contributed by atoms with E-state index in [1.54, 1.807) is 22.5 Å². The zero-order chi connectivity index (χ0) is 19.1. The normalized spacial score (nSPS) is 19.4. The predicted octanol–water partition coefficient (Wildman–Crippen LogP) is 2.34. The molecule has 0 amide bonds. The molecule has 2 fully saturated rings. The highest BCUT2D eigenvalue weighted by molar-refractivity contribution is 7.89. The van der Waals surface area contributed by atoms with Gasteiger partial charge in [-0.2, -0.15) is 13.1 Å². The van der Waals surface area contributed by atoms with Crippen molar-refractivity contribution in [3.05, 3.63) is 30.4 Å². The minimum absolute atomic E-state index is 0.265. The minimum Gasteiger partial charge on any atom is -0.317 e. The summed E-state index contributed by atoms with van der Waals surface area (Å²) in [7, 11) is -3.56. The number of nitrogens with zero attached hydrogens (tertiary/aromatic N) is 6. The first-order valence-corrected chi connectivity index (χ1v) is 11.9. The van der Waals surface area contributed by atoms with Crippen LogP contribution in [0.1, 0.15) is 31.5 Å². The van der Waals surface area contributed by atoms with Crippen LogP contribution < -0.4 is 0 Å². The van der Waals surface area contributed by atoms with Gasteiger partial charge in [-0.1, -0.05) is 6.07 Å². The molecule has 0 N–H and O–H groups in total. The van der Waals surface area contributed by atoms with E-state index < -0.39 is 10.0 Å². The van der Waals surface area contributed by atoms with Crippen LogP contribution in [0.2, 0.25) is 0 Å². The molecule has 1 saturated carbocycles. The molecule has 1 aromatic carbocycles. The molecule has 0 atom stereocenters. The van der Waals surface area contributed by atoms with Crippen molar-refractivity contribution in [2.45, 2.75) is 43.5 Å². The lowest BCUT2D eigenvalue weighted by Crippen LogP contribution is -2.39. The van der Waals surface area contributed by atoms with Gasteiger partial charge in [0.25, 0.3) is 0 Å². The first-order valence-electron chi connectivity index (χ1n) is 9.69. The van der Waals surface area contributed by atoms with Crippen molar-refractivity contribution in [3.8, 4) is 0 Å². The number of benzene rings is 1. The molecule has 3 heterocycles. The van der Waals surface area contributed by atoms with E-state index in [0.29, 0.717) is 30.0 Å². The summed E-state index contributed by atoms with van der Waals surface area (Å²) in [5, 5.41) is 8.38. The van der Waals surface area contributed by atoms with Gasteiger partial charge in [-0.15, -0.1) is 10.2 Å². The molecule has 28 heavy (non-hydrogen) atoms. The van der Waals surface area contributed by atoms with Crippen molar-refractivity contribution in [1.29, 1.82) is 0 Å². The second kappa shape index (κ2) is 7.16. The maximum absolute atomic E-state index is 13.1. The van der Waals surface area contributed by atoms with Crippen LogP contribution in [-0.4, -0.2) is 49.3 Å². The Morgan fingerprint density at radius 2 is 1.89 bits per heavy atom. The van der Waals surface area contributed by atoms with E-state index in [-0.39, 0.29) is 4.90 Å². The predicted molar refractivity (Wildman–Crippen MR) is 105 cm³/mol. The molecule has 148 valence electrons. The second-order valence-corrected chi connectivity index (χ2v) is 10.2. The van der Waals surface area contributed by atoms with E-state index in [9.17, 15) is 8.42 Å². The Hall–Kier alpha value is -1.91. The molecule has 1 aliphatic heterocycles. The van der Waals surface area contributed by atoms with E-state index in [1.165, 1.54) is 12.8 Å². The lowest BCUT2D eigenvalue weighted by Gasteiger charge is -2.31. The lowest BCUT2D eigenvalue weighted by molar-refractivity contribution is 0.268. The Morgan fingerprint density at radius 1 is 1.07 bits per heavy atom. The highest BCUT2D eigenvalue weighted by Gasteiger charge is 2.32. The van der Waals surface area contributed by atoms with Crippen molar-refractivity contribution >= 4 is 32.8 Å². The van der Waals surface area contributed by atoms with Crippen LogP contribution in [0.5, 0.6) is 0 Å². The number of rotatable bonds is 6. The molecule has 10 heteroatoms. The molecule has 0 bridgehead atoms. The topological polar surface area (TPSA) is 93.9 Å². The third kappa shape index (κ3) is 3.44. The average Bonchev–Trinajstić information content (AvgIpc) is 3.20. The summed E-state index contributed by atoms with van der Waals surface area (Å²) < 4.78 is 38.4. The summed E-state index contributed by atoms with van der Waals surface area (Å²) in [6, 6.07) is 5.16. The van der Waals surface area contributed by atoms with Gasteiger partial charge in [-0.05, 0) is 49.7 Å². The number of fused-ring (bicyclic) bond motifs is 1. The summed E-state index contributed by atoms with van der Waals surface area (Å²) >= 11 is 1.04. The number of aromatic nitrogens is 5. The quantitative estimate of drug-likeness (QED) is 0.610. The fraction of sp³-hybridized carbons (Fsp3) is 0.556. The highest BCUT2D eigenvalue weighted by atomic mass is 32.2. The molecule has 5 rings (SSSR count). The second-order valence-electron chi connectivity index (χ2n) is 7.78. The van der Waals surface area contributed by atoms with Crippen molar-refractivity contribution < 1.29 is 8.42 Å². The van der Waals surface area contributed by atoms with Crippen molar-refractivity contribution in [3.63, 3.8) is 0 Å². The summed E-state index contributed by atoms with van der Waals surface area (Å²) in [6.07, 6.45) is 6.97. The Balaban J connectivity index is 1.27. The lowest BCUT2D eigenvalue weighted by atomic mass is 9.94. The number of piperidine rings is 1. The number of hydrogen-bond acceptors (Lipinski definition) is 7. The van der Waals surface area contributed by atoms with Crippen molar-refractivity contribution in [1.82, 2.24) is 27.8 Å². The SMILES string of the molecule is O=S(=O)(c1cccc2nsnc12)N1CCC(Cc2nncn2CC2CC2)CC1.